The molecule has 102 valence electrons. The van der Waals surface area contributed by atoms with Crippen molar-refractivity contribution in [2.75, 3.05) is 0 Å². The van der Waals surface area contributed by atoms with Crippen LogP contribution in [-0.2, 0) is 6.42 Å². The Labute approximate surface area is 112 Å². The van der Waals surface area contributed by atoms with Gasteiger partial charge in [-0.15, -0.1) is 0 Å². The fraction of sp³-hybridized carbons (Fsp3) is 0.467. The molecular weight excluding hydrogens is 244 g/mol. The summed E-state index contributed by atoms with van der Waals surface area (Å²) >= 11 is 0. The first kappa shape index (κ1) is 13.6. The molecule has 0 amide bonds. The zero-order chi connectivity index (χ0) is 13.8. The monoisotopic (exact) mass is 262 g/mol. The Morgan fingerprint density at radius 1 is 1.05 bits per heavy atom. The van der Waals surface area contributed by atoms with Gasteiger partial charge in [0, 0.05) is 0 Å². The van der Waals surface area contributed by atoms with Gasteiger partial charge in [-0.1, -0.05) is 38.2 Å². The van der Waals surface area contributed by atoms with Crippen molar-refractivity contribution in [2.24, 2.45) is 5.92 Å². The van der Waals surface area contributed by atoms with Crippen molar-refractivity contribution >= 4 is 11.9 Å². The van der Waals surface area contributed by atoms with Gasteiger partial charge in [-0.25, -0.2) is 9.59 Å². The Morgan fingerprint density at radius 2 is 1.74 bits per heavy atom. The van der Waals surface area contributed by atoms with Crippen LogP contribution in [0.25, 0.3) is 0 Å². The third-order valence-electron chi connectivity index (χ3n) is 3.82. The molecule has 0 bridgehead atoms. The normalized spacial score (nSPS) is 16.2. The third kappa shape index (κ3) is 3.34. The minimum atomic E-state index is -1.09. The van der Waals surface area contributed by atoms with Crippen LogP contribution in [0.5, 0.6) is 0 Å². The van der Waals surface area contributed by atoms with Crippen molar-refractivity contribution < 1.29 is 19.8 Å². The summed E-state index contributed by atoms with van der Waals surface area (Å²) in [6.07, 6.45) is 6.70. The number of carboxylic acids is 2. The van der Waals surface area contributed by atoms with E-state index in [9.17, 15) is 14.7 Å². The Balaban J connectivity index is 2.23. The highest BCUT2D eigenvalue weighted by atomic mass is 16.4. The van der Waals surface area contributed by atoms with Gasteiger partial charge in [0.1, 0.15) is 0 Å². The summed E-state index contributed by atoms with van der Waals surface area (Å²) in [6.45, 7) is 0. The Hall–Kier alpha value is -1.84. The fourth-order valence-electron chi connectivity index (χ4n) is 2.79. The van der Waals surface area contributed by atoms with E-state index in [-0.39, 0.29) is 11.1 Å². The van der Waals surface area contributed by atoms with Gasteiger partial charge in [-0.2, -0.15) is 0 Å². The zero-order valence-electron chi connectivity index (χ0n) is 10.8. The standard InChI is InChI=1S/C15H18O4/c16-14(17)12-7-6-11(13(9-12)15(18)19)8-10-4-2-1-3-5-10/h6-7,9-10H,1-5,8H2,(H,16,17)(H,18,19). The largest absolute Gasteiger partial charge is 0.478 e. The highest BCUT2D eigenvalue weighted by molar-refractivity contribution is 5.94. The van der Waals surface area contributed by atoms with Crippen LogP contribution < -0.4 is 0 Å². The number of aromatic carboxylic acids is 2. The third-order valence-corrected chi connectivity index (χ3v) is 3.82. The van der Waals surface area contributed by atoms with Gasteiger partial charge in [0.25, 0.3) is 0 Å². The van der Waals surface area contributed by atoms with E-state index < -0.39 is 11.9 Å². The topological polar surface area (TPSA) is 74.6 Å². The first-order chi connectivity index (χ1) is 9.08. The van der Waals surface area contributed by atoms with Crippen LogP contribution in [0.2, 0.25) is 0 Å². The summed E-state index contributed by atoms with van der Waals surface area (Å²) in [6, 6.07) is 4.41. The second-order valence-corrected chi connectivity index (χ2v) is 5.19. The molecule has 4 nitrogen and oxygen atoms in total. The van der Waals surface area contributed by atoms with Crippen LogP contribution in [0.4, 0.5) is 0 Å². The van der Waals surface area contributed by atoms with E-state index in [1.165, 1.54) is 31.4 Å². The van der Waals surface area contributed by atoms with Gasteiger partial charge in [-0.3, -0.25) is 0 Å². The van der Waals surface area contributed by atoms with Crippen molar-refractivity contribution in [3.63, 3.8) is 0 Å². The van der Waals surface area contributed by atoms with E-state index >= 15 is 0 Å². The number of hydrogen-bond donors (Lipinski definition) is 2. The molecule has 0 radical (unpaired) electrons. The van der Waals surface area contributed by atoms with Gasteiger partial charge in [0.2, 0.25) is 0 Å². The van der Waals surface area contributed by atoms with E-state index in [0.29, 0.717) is 5.92 Å². The smallest absolute Gasteiger partial charge is 0.335 e. The number of hydrogen-bond acceptors (Lipinski definition) is 2. The van der Waals surface area contributed by atoms with Crippen molar-refractivity contribution in [3.05, 3.63) is 34.9 Å². The molecule has 0 aliphatic heterocycles. The van der Waals surface area contributed by atoms with Gasteiger partial charge < -0.3 is 10.2 Å². The maximum atomic E-state index is 11.2. The Bertz CT molecular complexity index is 487. The van der Waals surface area contributed by atoms with Crippen LogP contribution in [0.3, 0.4) is 0 Å². The summed E-state index contributed by atoms with van der Waals surface area (Å²) in [5.41, 5.74) is 0.916. The maximum Gasteiger partial charge on any atom is 0.335 e. The lowest BCUT2D eigenvalue weighted by atomic mass is 9.83. The second-order valence-electron chi connectivity index (χ2n) is 5.19. The molecule has 1 fully saturated rings. The highest BCUT2D eigenvalue weighted by Gasteiger charge is 2.19. The van der Waals surface area contributed by atoms with Gasteiger partial charge in [-0.05, 0) is 30.0 Å². The molecule has 0 spiro atoms. The lowest BCUT2D eigenvalue weighted by Gasteiger charge is -2.22. The first-order valence-electron chi connectivity index (χ1n) is 6.67. The number of carboxylic acid groups (broad SMARTS) is 2. The van der Waals surface area contributed by atoms with Crippen molar-refractivity contribution in [1.29, 1.82) is 0 Å². The minimum absolute atomic E-state index is 0.0322. The van der Waals surface area contributed by atoms with Crippen molar-refractivity contribution in [2.45, 2.75) is 38.5 Å². The fourth-order valence-corrected chi connectivity index (χ4v) is 2.79. The average molecular weight is 262 g/mol. The molecule has 0 saturated heterocycles. The molecule has 2 N–H and O–H groups in total. The van der Waals surface area contributed by atoms with E-state index in [2.05, 4.69) is 0 Å². The molecule has 0 atom stereocenters. The maximum absolute atomic E-state index is 11.2. The quantitative estimate of drug-likeness (QED) is 0.873. The van der Waals surface area contributed by atoms with Crippen molar-refractivity contribution in [1.82, 2.24) is 0 Å². The Morgan fingerprint density at radius 3 is 2.32 bits per heavy atom. The summed E-state index contributed by atoms with van der Waals surface area (Å²) in [5.74, 6) is -1.61. The molecule has 0 heterocycles. The van der Waals surface area contributed by atoms with Crippen LogP contribution in [0.15, 0.2) is 18.2 Å². The number of benzene rings is 1. The summed E-state index contributed by atoms with van der Waals surface area (Å²) < 4.78 is 0. The molecule has 1 aromatic carbocycles. The molecule has 4 heteroatoms. The molecule has 0 unspecified atom stereocenters. The molecule has 2 rings (SSSR count). The number of carbonyl (C=O) groups is 2. The summed E-state index contributed by atoms with van der Waals surface area (Å²) in [7, 11) is 0. The summed E-state index contributed by atoms with van der Waals surface area (Å²) in [5, 5.41) is 18.1. The molecule has 1 aliphatic rings. The predicted octanol–water partition coefficient (Wildman–Crippen LogP) is 3.21. The molecular formula is C15H18O4. The lowest BCUT2D eigenvalue weighted by Crippen LogP contribution is -2.13. The molecule has 1 aromatic rings. The molecule has 0 aromatic heterocycles. The summed E-state index contributed by atoms with van der Waals surface area (Å²) in [4.78, 5) is 22.1. The first-order valence-corrected chi connectivity index (χ1v) is 6.67. The second kappa shape index (κ2) is 5.87. The number of rotatable bonds is 4. The highest BCUT2D eigenvalue weighted by Crippen LogP contribution is 2.28. The Kier molecular flexibility index (Phi) is 4.20. The SMILES string of the molecule is O=C(O)c1ccc(CC2CCCCC2)c(C(=O)O)c1. The van der Waals surface area contributed by atoms with E-state index in [0.717, 1.165) is 24.8 Å². The average Bonchev–Trinajstić information content (AvgIpc) is 2.39. The van der Waals surface area contributed by atoms with Crippen LogP contribution >= 0.6 is 0 Å². The molecule has 19 heavy (non-hydrogen) atoms. The predicted molar refractivity (Wildman–Crippen MR) is 70.6 cm³/mol. The van der Waals surface area contributed by atoms with E-state index in [1.807, 2.05) is 0 Å². The van der Waals surface area contributed by atoms with Gasteiger partial charge in [0.15, 0.2) is 0 Å². The van der Waals surface area contributed by atoms with Gasteiger partial charge in [0.05, 0.1) is 11.1 Å². The lowest BCUT2D eigenvalue weighted by molar-refractivity contribution is 0.0695. The van der Waals surface area contributed by atoms with Gasteiger partial charge >= 0.3 is 11.9 Å². The van der Waals surface area contributed by atoms with E-state index in [4.69, 9.17) is 5.11 Å². The molecule has 1 aliphatic carbocycles. The zero-order valence-corrected chi connectivity index (χ0v) is 10.8. The minimum Gasteiger partial charge on any atom is -0.478 e. The van der Waals surface area contributed by atoms with E-state index in [1.54, 1.807) is 6.07 Å². The molecule has 1 saturated carbocycles. The van der Waals surface area contributed by atoms with Crippen LogP contribution in [-0.4, -0.2) is 22.2 Å². The van der Waals surface area contributed by atoms with Crippen molar-refractivity contribution in [3.8, 4) is 0 Å². The van der Waals surface area contributed by atoms with Crippen LogP contribution in [0.1, 0.15) is 58.4 Å². The van der Waals surface area contributed by atoms with Crippen LogP contribution in [0, 0.1) is 5.92 Å².